The largest absolute Gasteiger partial charge is 0.496 e. The summed E-state index contributed by atoms with van der Waals surface area (Å²) in [7, 11) is 1.55. The molecule has 2 aromatic rings. The zero-order chi connectivity index (χ0) is 20.0. The zero-order valence-electron chi connectivity index (χ0n) is 15.1. The predicted molar refractivity (Wildman–Crippen MR) is 113 cm³/mol. The molecule has 8 heteroatoms. The molecule has 0 bridgehead atoms. The highest BCUT2D eigenvalue weighted by Gasteiger charge is 2.15. The lowest BCUT2D eigenvalue weighted by atomic mass is 10.1. The summed E-state index contributed by atoms with van der Waals surface area (Å²) in [5.74, 6) is 0.0265. The number of anilines is 1. The lowest BCUT2D eigenvalue weighted by Crippen LogP contribution is -2.35. The van der Waals surface area contributed by atoms with E-state index in [0.717, 1.165) is 0 Å². The van der Waals surface area contributed by atoms with Crippen LogP contribution in [0.5, 0.6) is 5.75 Å². The van der Waals surface area contributed by atoms with Crippen molar-refractivity contribution in [1.29, 1.82) is 0 Å². The van der Waals surface area contributed by atoms with E-state index >= 15 is 0 Å². The van der Waals surface area contributed by atoms with Crippen molar-refractivity contribution in [3.05, 3.63) is 58.1 Å². The Morgan fingerprint density at radius 3 is 2.44 bits per heavy atom. The van der Waals surface area contributed by atoms with E-state index in [9.17, 15) is 9.59 Å². The van der Waals surface area contributed by atoms with Crippen LogP contribution in [0.1, 0.15) is 34.6 Å². The molecule has 3 N–H and O–H groups in total. The van der Waals surface area contributed by atoms with Gasteiger partial charge in [-0.15, -0.1) is 0 Å². The molecule has 0 saturated carbocycles. The predicted octanol–water partition coefficient (Wildman–Crippen LogP) is 3.72. The average Bonchev–Trinajstić information content (AvgIpc) is 2.61. The average molecular weight is 450 g/mol. The van der Waals surface area contributed by atoms with Gasteiger partial charge in [-0.2, -0.15) is 0 Å². The Labute approximate surface area is 171 Å². The summed E-state index contributed by atoms with van der Waals surface area (Å²) >= 11 is 8.56. The third-order valence-electron chi connectivity index (χ3n) is 3.48. The number of methoxy groups -OCH3 is 1. The van der Waals surface area contributed by atoms with Crippen LogP contribution in [0.4, 0.5) is 5.69 Å². The number of hydrogen-bond acceptors (Lipinski definition) is 4. The van der Waals surface area contributed by atoms with Gasteiger partial charge in [-0.1, -0.05) is 12.1 Å². The molecule has 0 spiro atoms. The van der Waals surface area contributed by atoms with Crippen molar-refractivity contribution >= 4 is 50.8 Å². The number of para-hydroxylation sites is 1. The molecule has 2 amide bonds. The minimum Gasteiger partial charge on any atom is -0.496 e. The fourth-order valence-electron chi connectivity index (χ4n) is 2.27. The number of ether oxygens (including phenoxy) is 1. The molecule has 2 rings (SSSR count). The first kappa shape index (κ1) is 20.9. The van der Waals surface area contributed by atoms with Crippen molar-refractivity contribution in [2.75, 3.05) is 12.4 Å². The maximum Gasteiger partial charge on any atom is 0.257 e. The molecule has 0 unspecified atom stereocenters. The number of hydrogen-bond donors (Lipinski definition) is 3. The number of amides is 2. The minimum atomic E-state index is -0.375. The highest BCUT2D eigenvalue weighted by atomic mass is 79.9. The molecule has 0 heterocycles. The minimum absolute atomic E-state index is 0.00530. The van der Waals surface area contributed by atoms with Crippen LogP contribution < -0.4 is 20.7 Å². The van der Waals surface area contributed by atoms with Crippen LogP contribution in [0, 0.1) is 0 Å². The summed E-state index contributed by atoms with van der Waals surface area (Å²) in [5.41, 5.74) is 1.37. The molecule has 142 valence electrons. The first-order valence-electron chi connectivity index (χ1n) is 8.17. The summed E-state index contributed by atoms with van der Waals surface area (Å²) in [5, 5.41) is 8.43. The molecule has 6 nitrogen and oxygen atoms in total. The molecule has 0 radical (unpaired) electrons. The van der Waals surface area contributed by atoms with Gasteiger partial charge in [0.25, 0.3) is 11.8 Å². The topological polar surface area (TPSA) is 79.5 Å². The van der Waals surface area contributed by atoms with Crippen LogP contribution in [0.2, 0.25) is 0 Å². The molecule has 0 saturated heterocycles. The van der Waals surface area contributed by atoms with Crippen LogP contribution in [-0.4, -0.2) is 30.1 Å². The second-order valence-corrected chi connectivity index (χ2v) is 7.19. The van der Waals surface area contributed by atoms with Gasteiger partial charge in [0, 0.05) is 11.6 Å². The Balaban J connectivity index is 2.09. The third-order valence-corrected chi connectivity index (χ3v) is 4.30. The fourth-order valence-corrected chi connectivity index (χ4v) is 3.01. The molecular weight excluding hydrogens is 430 g/mol. The Hall–Kier alpha value is -2.45. The Morgan fingerprint density at radius 2 is 1.81 bits per heavy atom. The Kier molecular flexibility index (Phi) is 7.32. The van der Waals surface area contributed by atoms with E-state index in [-0.39, 0.29) is 23.0 Å². The molecule has 0 atom stereocenters. The number of rotatable bonds is 5. The molecule has 0 fully saturated rings. The highest BCUT2D eigenvalue weighted by Crippen LogP contribution is 2.25. The highest BCUT2D eigenvalue weighted by molar-refractivity contribution is 9.10. The number of benzene rings is 2. The number of thiocarbonyl (C=S) groups is 1. The van der Waals surface area contributed by atoms with E-state index in [2.05, 4.69) is 31.9 Å². The van der Waals surface area contributed by atoms with Crippen LogP contribution >= 0.6 is 28.1 Å². The van der Waals surface area contributed by atoms with E-state index in [1.165, 1.54) is 0 Å². The maximum absolute atomic E-state index is 12.4. The number of carbonyl (C=O) groups is 2. The summed E-state index contributed by atoms with van der Waals surface area (Å²) in [4.78, 5) is 24.7. The van der Waals surface area contributed by atoms with Gasteiger partial charge in [0.1, 0.15) is 5.75 Å². The van der Waals surface area contributed by atoms with Gasteiger partial charge in [-0.25, -0.2) is 0 Å². The van der Waals surface area contributed by atoms with Gasteiger partial charge < -0.3 is 15.4 Å². The van der Waals surface area contributed by atoms with Crippen LogP contribution in [-0.2, 0) is 0 Å². The fraction of sp³-hybridized carbons (Fsp3) is 0.211. The van der Waals surface area contributed by atoms with Gasteiger partial charge in [0.15, 0.2) is 5.11 Å². The molecule has 0 aliphatic carbocycles. The van der Waals surface area contributed by atoms with Crippen molar-refractivity contribution in [2.24, 2.45) is 0 Å². The first-order chi connectivity index (χ1) is 12.8. The van der Waals surface area contributed by atoms with Gasteiger partial charge in [0.2, 0.25) is 0 Å². The van der Waals surface area contributed by atoms with Crippen molar-refractivity contribution in [2.45, 2.75) is 19.9 Å². The van der Waals surface area contributed by atoms with Crippen LogP contribution in [0.15, 0.2) is 46.9 Å². The van der Waals surface area contributed by atoms with E-state index in [1.807, 2.05) is 13.8 Å². The normalized spacial score (nSPS) is 10.3. The van der Waals surface area contributed by atoms with Crippen molar-refractivity contribution in [3.63, 3.8) is 0 Å². The number of carbonyl (C=O) groups excluding carboxylic acids is 2. The first-order valence-corrected chi connectivity index (χ1v) is 9.37. The van der Waals surface area contributed by atoms with Crippen molar-refractivity contribution < 1.29 is 14.3 Å². The smallest absolute Gasteiger partial charge is 0.257 e. The van der Waals surface area contributed by atoms with Crippen molar-refractivity contribution in [1.82, 2.24) is 10.6 Å². The SMILES string of the molecule is COc1ccc(C(=O)NC(=S)Nc2ccccc2C(=O)NC(C)C)cc1Br. The molecule has 2 aromatic carbocycles. The summed E-state index contributed by atoms with van der Waals surface area (Å²) in [6.07, 6.45) is 0. The number of nitrogens with one attached hydrogen (secondary N) is 3. The molecule has 27 heavy (non-hydrogen) atoms. The molecular formula is C19H20BrN3O3S. The number of halogens is 1. The summed E-state index contributed by atoms with van der Waals surface area (Å²) in [6.45, 7) is 3.76. The van der Waals surface area contributed by atoms with E-state index in [1.54, 1.807) is 49.6 Å². The monoisotopic (exact) mass is 449 g/mol. The Morgan fingerprint density at radius 1 is 1.11 bits per heavy atom. The van der Waals surface area contributed by atoms with E-state index in [0.29, 0.717) is 27.0 Å². The summed E-state index contributed by atoms with van der Waals surface area (Å²) < 4.78 is 5.81. The van der Waals surface area contributed by atoms with Gasteiger partial charge in [-0.05, 0) is 72.3 Å². The second kappa shape index (κ2) is 9.48. The second-order valence-electron chi connectivity index (χ2n) is 5.93. The third kappa shape index (κ3) is 5.77. The van der Waals surface area contributed by atoms with E-state index < -0.39 is 0 Å². The molecule has 0 aromatic heterocycles. The lowest BCUT2D eigenvalue weighted by molar-refractivity contribution is 0.0942. The lowest BCUT2D eigenvalue weighted by Gasteiger charge is -2.15. The zero-order valence-corrected chi connectivity index (χ0v) is 17.5. The quantitative estimate of drug-likeness (QED) is 0.606. The maximum atomic E-state index is 12.4. The van der Waals surface area contributed by atoms with Gasteiger partial charge in [-0.3, -0.25) is 14.9 Å². The molecule has 0 aliphatic heterocycles. The summed E-state index contributed by atoms with van der Waals surface area (Å²) in [6, 6.07) is 11.9. The van der Waals surface area contributed by atoms with Crippen LogP contribution in [0.3, 0.4) is 0 Å². The van der Waals surface area contributed by atoms with Crippen LogP contribution in [0.25, 0.3) is 0 Å². The van der Waals surface area contributed by atoms with Crippen molar-refractivity contribution in [3.8, 4) is 5.75 Å². The van der Waals surface area contributed by atoms with Gasteiger partial charge in [0.05, 0.1) is 22.8 Å². The van der Waals surface area contributed by atoms with E-state index in [4.69, 9.17) is 17.0 Å². The Bertz CT molecular complexity index is 871. The molecule has 0 aliphatic rings. The van der Waals surface area contributed by atoms with Gasteiger partial charge >= 0.3 is 0 Å². The standard InChI is InChI=1S/C19H20BrN3O3S/c1-11(2)21-18(25)13-6-4-5-7-15(13)22-19(27)23-17(24)12-8-9-16(26-3)14(20)10-12/h4-11H,1-3H3,(H,21,25)(H2,22,23,24,27).